The van der Waals surface area contributed by atoms with Gasteiger partial charge in [-0.2, -0.15) is 0 Å². The molecule has 1 aliphatic heterocycles. The van der Waals surface area contributed by atoms with Gasteiger partial charge in [0.2, 0.25) is 5.91 Å². The van der Waals surface area contributed by atoms with Gasteiger partial charge in [-0.15, -0.1) is 0 Å². The van der Waals surface area contributed by atoms with Crippen molar-refractivity contribution in [2.45, 2.75) is 50.9 Å². The number of aromatic nitrogens is 3. The standard InChI is InChI=1S/C20H25N5O3/c1-20(2,27)16-7-4-12(9-21-16)15-10-22-18-19(23-15)25(11-17(26)24-18)13-5-6-14(8-13)28-3/h4,7,9-10,13-14,27H,5-6,8,11H2,1-3H3,(H,22,24,26)/t13-,14-/m0/s1. The summed E-state index contributed by atoms with van der Waals surface area (Å²) in [5.74, 6) is 1.10. The SMILES string of the molecule is CO[C@H]1CC[C@H](N2CC(=O)Nc3ncc(-c4ccc(C(C)(C)O)nc4)nc32)C1. The van der Waals surface area contributed by atoms with Crippen molar-refractivity contribution in [3.8, 4) is 11.3 Å². The summed E-state index contributed by atoms with van der Waals surface area (Å²) in [6, 6.07) is 3.87. The van der Waals surface area contributed by atoms with Crippen LogP contribution in [0.25, 0.3) is 11.3 Å². The molecule has 2 atom stereocenters. The highest BCUT2D eigenvalue weighted by Crippen LogP contribution is 2.35. The molecule has 3 heterocycles. The molecule has 1 amide bonds. The van der Waals surface area contributed by atoms with Crippen LogP contribution < -0.4 is 10.2 Å². The van der Waals surface area contributed by atoms with E-state index in [1.807, 2.05) is 11.0 Å². The highest BCUT2D eigenvalue weighted by molar-refractivity contribution is 5.99. The average Bonchev–Trinajstić information content (AvgIpc) is 3.15. The second-order valence-electron chi connectivity index (χ2n) is 7.92. The maximum atomic E-state index is 12.1. The Hall–Kier alpha value is -2.58. The van der Waals surface area contributed by atoms with Crippen molar-refractivity contribution >= 4 is 17.5 Å². The van der Waals surface area contributed by atoms with E-state index in [-0.39, 0.29) is 24.6 Å². The van der Waals surface area contributed by atoms with Gasteiger partial charge in [0.05, 0.1) is 30.2 Å². The molecule has 0 unspecified atom stereocenters. The quantitative estimate of drug-likeness (QED) is 0.834. The molecular weight excluding hydrogens is 358 g/mol. The van der Waals surface area contributed by atoms with Crippen LogP contribution in [-0.4, -0.2) is 51.8 Å². The lowest BCUT2D eigenvalue weighted by Gasteiger charge is -2.34. The highest BCUT2D eigenvalue weighted by atomic mass is 16.5. The molecule has 0 saturated heterocycles. The Morgan fingerprint density at radius 2 is 2.07 bits per heavy atom. The fourth-order valence-electron chi connectivity index (χ4n) is 3.83. The van der Waals surface area contributed by atoms with E-state index in [0.29, 0.717) is 23.0 Å². The summed E-state index contributed by atoms with van der Waals surface area (Å²) >= 11 is 0. The van der Waals surface area contributed by atoms with E-state index < -0.39 is 5.60 Å². The summed E-state index contributed by atoms with van der Waals surface area (Å²) < 4.78 is 5.49. The van der Waals surface area contributed by atoms with Crippen LogP contribution >= 0.6 is 0 Å². The van der Waals surface area contributed by atoms with Gasteiger partial charge < -0.3 is 20.1 Å². The van der Waals surface area contributed by atoms with Gasteiger partial charge >= 0.3 is 0 Å². The Bertz CT molecular complexity index is 878. The number of aliphatic hydroxyl groups is 1. The molecule has 8 nitrogen and oxygen atoms in total. The summed E-state index contributed by atoms with van der Waals surface area (Å²) in [7, 11) is 1.73. The van der Waals surface area contributed by atoms with Crippen molar-refractivity contribution in [3.05, 3.63) is 30.2 Å². The van der Waals surface area contributed by atoms with Crippen molar-refractivity contribution in [2.24, 2.45) is 0 Å². The number of fused-ring (bicyclic) bond motifs is 1. The van der Waals surface area contributed by atoms with Crippen LogP contribution in [0.15, 0.2) is 24.5 Å². The predicted molar refractivity (Wildman–Crippen MR) is 105 cm³/mol. The van der Waals surface area contributed by atoms with Gasteiger partial charge in [-0.3, -0.25) is 9.78 Å². The summed E-state index contributed by atoms with van der Waals surface area (Å²) in [5, 5.41) is 12.9. The molecular formula is C20H25N5O3. The molecule has 2 aromatic heterocycles. The van der Waals surface area contributed by atoms with E-state index in [2.05, 4.69) is 15.3 Å². The lowest BCUT2D eigenvalue weighted by molar-refractivity contribution is -0.115. The molecule has 0 aromatic carbocycles. The summed E-state index contributed by atoms with van der Waals surface area (Å²) in [5.41, 5.74) is 1.08. The Kier molecular flexibility index (Phi) is 4.76. The topological polar surface area (TPSA) is 100 Å². The predicted octanol–water partition coefficient (Wildman–Crippen LogP) is 2.09. The zero-order valence-corrected chi connectivity index (χ0v) is 16.3. The smallest absolute Gasteiger partial charge is 0.245 e. The molecule has 28 heavy (non-hydrogen) atoms. The molecule has 8 heteroatoms. The summed E-state index contributed by atoms with van der Waals surface area (Å²) in [6.45, 7) is 3.66. The van der Waals surface area contributed by atoms with Crippen molar-refractivity contribution < 1.29 is 14.6 Å². The number of hydrogen-bond acceptors (Lipinski definition) is 7. The van der Waals surface area contributed by atoms with Gasteiger partial charge in [-0.1, -0.05) is 0 Å². The Morgan fingerprint density at radius 3 is 2.71 bits per heavy atom. The normalized spacial score (nSPS) is 22.1. The largest absolute Gasteiger partial charge is 0.384 e. The third-order valence-corrected chi connectivity index (χ3v) is 5.41. The number of nitrogens with one attached hydrogen (secondary N) is 1. The highest BCUT2D eigenvalue weighted by Gasteiger charge is 2.35. The van der Waals surface area contributed by atoms with Crippen LogP contribution in [0.3, 0.4) is 0 Å². The van der Waals surface area contributed by atoms with Crippen molar-refractivity contribution in [2.75, 3.05) is 23.9 Å². The molecule has 4 rings (SSSR count). The summed E-state index contributed by atoms with van der Waals surface area (Å²) in [4.78, 5) is 27.8. The number of ether oxygens (including phenoxy) is 1. The van der Waals surface area contributed by atoms with Gasteiger partial charge in [-0.25, -0.2) is 9.97 Å². The lowest BCUT2D eigenvalue weighted by Crippen LogP contribution is -2.44. The molecule has 1 saturated carbocycles. The first kappa shape index (κ1) is 18.8. The van der Waals surface area contributed by atoms with E-state index in [1.54, 1.807) is 39.4 Å². The Labute approximate surface area is 164 Å². The molecule has 0 spiro atoms. The maximum Gasteiger partial charge on any atom is 0.245 e. The van der Waals surface area contributed by atoms with Gasteiger partial charge in [-0.05, 0) is 45.2 Å². The number of pyridine rings is 1. The van der Waals surface area contributed by atoms with Crippen LogP contribution in [0.4, 0.5) is 11.6 Å². The third-order valence-electron chi connectivity index (χ3n) is 5.41. The molecule has 148 valence electrons. The molecule has 1 fully saturated rings. The van der Waals surface area contributed by atoms with E-state index in [9.17, 15) is 9.90 Å². The first-order chi connectivity index (χ1) is 13.3. The second kappa shape index (κ2) is 7.10. The van der Waals surface area contributed by atoms with Crippen LogP contribution in [0.1, 0.15) is 38.8 Å². The van der Waals surface area contributed by atoms with E-state index >= 15 is 0 Å². The number of amides is 1. The van der Waals surface area contributed by atoms with Crippen LogP contribution in [0.5, 0.6) is 0 Å². The zero-order chi connectivity index (χ0) is 19.9. The fourth-order valence-corrected chi connectivity index (χ4v) is 3.83. The van der Waals surface area contributed by atoms with Gasteiger partial charge in [0, 0.05) is 24.9 Å². The van der Waals surface area contributed by atoms with Crippen molar-refractivity contribution in [3.63, 3.8) is 0 Å². The lowest BCUT2D eigenvalue weighted by atomic mass is 10.0. The van der Waals surface area contributed by atoms with Crippen LogP contribution in [0.2, 0.25) is 0 Å². The number of nitrogens with zero attached hydrogens (tertiary/aromatic N) is 4. The van der Waals surface area contributed by atoms with E-state index in [4.69, 9.17) is 9.72 Å². The van der Waals surface area contributed by atoms with E-state index in [0.717, 1.165) is 24.8 Å². The fraction of sp³-hybridized carbons (Fsp3) is 0.500. The average molecular weight is 383 g/mol. The molecule has 1 aliphatic carbocycles. The van der Waals surface area contributed by atoms with Crippen LogP contribution in [-0.2, 0) is 15.1 Å². The van der Waals surface area contributed by atoms with Gasteiger partial charge in [0.15, 0.2) is 11.6 Å². The minimum atomic E-state index is -0.999. The molecule has 2 aliphatic rings. The third kappa shape index (κ3) is 3.57. The monoisotopic (exact) mass is 383 g/mol. The summed E-state index contributed by atoms with van der Waals surface area (Å²) in [6.07, 6.45) is 6.34. The van der Waals surface area contributed by atoms with Gasteiger partial charge in [0.1, 0.15) is 5.60 Å². The number of hydrogen-bond donors (Lipinski definition) is 2. The molecule has 0 bridgehead atoms. The van der Waals surface area contributed by atoms with Crippen molar-refractivity contribution in [1.29, 1.82) is 0 Å². The number of methoxy groups -OCH3 is 1. The number of carbonyl (C=O) groups is 1. The first-order valence-electron chi connectivity index (χ1n) is 9.51. The Morgan fingerprint density at radius 1 is 1.25 bits per heavy atom. The first-order valence-corrected chi connectivity index (χ1v) is 9.51. The minimum Gasteiger partial charge on any atom is -0.384 e. The molecule has 2 N–H and O–H groups in total. The number of anilines is 2. The zero-order valence-electron chi connectivity index (χ0n) is 16.3. The molecule has 2 aromatic rings. The molecule has 0 radical (unpaired) electrons. The Balaban J connectivity index is 1.66. The van der Waals surface area contributed by atoms with Crippen LogP contribution in [0, 0.1) is 0 Å². The van der Waals surface area contributed by atoms with E-state index in [1.165, 1.54) is 0 Å². The number of rotatable bonds is 4. The van der Waals surface area contributed by atoms with Crippen molar-refractivity contribution in [1.82, 2.24) is 15.0 Å². The maximum absolute atomic E-state index is 12.1. The van der Waals surface area contributed by atoms with Gasteiger partial charge in [0.25, 0.3) is 0 Å². The number of carbonyl (C=O) groups excluding carboxylic acids is 1. The minimum absolute atomic E-state index is 0.0772. The second-order valence-corrected chi connectivity index (χ2v) is 7.92.